The van der Waals surface area contributed by atoms with Gasteiger partial charge in [0.25, 0.3) is 5.91 Å². The molecule has 3 heterocycles. The van der Waals surface area contributed by atoms with Crippen LogP contribution in [0.15, 0.2) is 14.3 Å². The van der Waals surface area contributed by atoms with Gasteiger partial charge in [0, 0.05) is 23.1 Å². The van der Waals surface area contributed by atoms with E-state index in [1.165, 1.54) is 30.6 Å². The van der Waals surface area contributed by atoms with Gasteiger partial charge in [-0.1, -0.05) is 0 Å². The van der Waals surface area contributed by atoms with Crippen LogP contribution in [0.3, 0.4) is 0 Å². The third-order valence-electron chi connectivity index (χ3n) is 4.23. The number of nitrogens with one attached hydrogen (secondary N) is 1. The SMILES string of the molecule is O=C(c1cc(Br)c(Br)s1)N1CCCCC1C1CCCN1. The number of thiophene rings is 1. The lowest BCUT2D eigenvalue weighted by Crippen LogP contribution is -2.52. The van der Waals surface area contributed by atoms with E-state index in [4.69, 9.17) is 0 Å². The standard InChI is InChI=1S/C14H18Br2N2OS/c15-9-8-12(20-13(9)16)14(19)18-7-2-1-5-11(18)10-4-3-6-17-10/h8,10-11,17H,1-7H2. The minimum Gasteiger partial charge on any atom is -0.333 e. The van der Waals surface area contributed by atoms with Crippen molar-refractivity contribution in [2.24, 2.45) is 0 Å². The van der Waals surface area contributed by atoms with E-state index in [2.05, 4.69) is 42.1 Å². The Kier molecular flexibility index (Phi) is 4.85. The first-order valence-electron chi connectivity index (χ1n) is 7.16. The Morgan fingerprint density at radius 3 is 2.80 bits per heavy atom. The maximum Gasteiger partial charge on any atom is 0.264 e. The van der Waals surface area contributed by atoms with Crippen LogP contribution in [0.25, 0.3) is 0 Å². The fraction of sp³-hybridized carbons (Fsp3) is 0.643. The van der Waals surface area contributed by atoms with E-state index in [0.717, 1.165) is 39.1 Å². The van der Waals surface area contributed by atoms with Crippen LogP contribution < -0.4 is 5.32 Å². The first-order valence-corrected chi connectivity index (χ1v) is 9.56. The van der Waals surface area contributed by atoms with E-state index in [-0.39, 0.29) is 5.91 Å². The predicted molar refractivity (Wildman–Crippen MR) is 89.4 cm³/mol. The molecule has 2 fully saturated rings. The first-order chi connectivity index (χ1) is 9.66. The maximum absolute atomic E-state index is 12.8. The Bertz CT molecular complexity index is 480. The lowest BCUT2D eigenvalue weighted by Gasteiger charge is -2.39. The summed E-state index contributed by atoms with van der Waals surface area (Å²) in [7, 11) is 0. The highest BCUT2D eigenvalue weighted by molar-refractivity contribution is 9.13. The van der Waals surface area contributed by atoms with Gasteiger partial charge in [-0.05, 0) is 76.6 Å². The van der Waals surface area contributed by atoms with Gasteiger partial charge in [0.15, 0.2) is 0 Å². The van der Waals surface area contributed by atoms with Gasteiger partial charge in [-0.2, -0.15) is 0 Å². The molecular formula is C14H18Br2N2OS. The number of likely N-dealkylation sites (tertiary alicyclic amines) is 1. The van der Waals surface area contributed by atoms with E-state index in [0.29, 0.717) is 12.1 Å². The van der Waals surface area contributed by atoms with Gasteiger partial charge in [-0.3, -0.25) is 4.79 Å². The van der Waals surface area contributed by atoms with Crippen molar-refractivity contribution in [2.75, 3.05) is 13.1 Å². The summed E-state index contributed by atoms with van der Waals surface area (Å²) in [6.45, 7) is 1.99. The lowest BCUT2D eigenvalue weighted by atomic mass is 9.94. The van der Waals surface area contributed by atoms with Gasteiger partial charge < -0.3 is 10.2 Å². The molecule has 1 N–H and O–H groups in total. The van der Waals surface area contributed by atoms with E-state index in [9.17, 15) is 4.79 Å². The molecule has 2 aliphatic rings. The van der Waals surface area contributed by atoms with E-state index >= 15 is 0 Å². The summed E-state index contributed by atoms with van der Waals surface area (Å²) >= 11 is 8.47. The summed E-state index contributed by atoms with van der Waals surface area (Å²) in [4.78, 5) is 15.7. The predicted octanol–water partition coefficient (Wildman–Crippen LogP) is 4.02. The van der Waals surface area contributed by atoms with Crippen molar-refractivity contribution >= 4 is 49.1 Å². The van der Waals surface area contributed by atoms with Crippen molar-refractivity contribution in [3.05, 3.63) is 19.2 Å². The lowest BCUT2D eigenvalue weighted by molar-refractivity contribution is 0.0568. The summed E-state index contributed by atoms with van der Waals surface area (Å²) in [6.07, 6.45) is 5.94. The van der Waals surface area contributed by atoms with E-state index in [1.807, 2.05) is 6.07 Å². The Balaban J connectivity index is 1.79. The highest BCUT2D eigenvalue weighted by Crippen LogP contribution is 2.34. The van der Waals surface area contributed by atoms with E-state index < -0.39 is 0 Å². The second-order valence-electron chi connectivity index (χ2n) is 5.50. The molecule has 3 rings (SSSR count). The van der Waals surface area contributed by atoms with Crippen LogP contribution in [-0.2, 0) is 0 Å². The zero-order valence-electron chi connectivity index (χ0n) is 11.2. The second-order valence-corrected chi connectivity index (χ2v) is 8.72. The van der Waals surface area contributed by atoms with Gasteiger partial charge in [0.05, 0.1) is 8.66 Å². The summed E-state index contributed by atoms with van der Waals surface area (Å²) < 4.78 is 1.96. The monoisotopic (exact) mass is 420 g/mol. The summed E-state index contributed by atoms with van der Waals surface area (Å²) in [5, 5.41) is 3.57. The number of amides is 1. The number of piperidine rings is 1. The molecular weight excluding hydrogens is 404 g/mol. The number of carbonyl (C=O) groups excluding carboxylic acids is 1. The molecule has 0 saturated carbocycles. The van der Waals surface area contributed by atoms with Crippen molar-refractivity contribution in [2.45, 2.75) is 44.2 Å². The van der Waals surface area contributed by atoms with Crippen molar-refractivity contribution in [3.63, 3.8) is 0 Å². The molecule has 6 heteroatoms. The number of hydrogen-bond donors (Lipinski definition) is 1. The molecule has 0 aliphatic carbocycles. The molecule has 0 aromatic carbocycles. The topological polar surface area (TPSA) is 32.3 Å². The van der Waals surface area contributed by atoms with Crippen LogP contribution in [0.4, 0.5) is 0 Å². The Morgan fingerprint density at radius 2 is 2.15 bits per heavy atom. The Hall–Kier alpha value is 0.0900. The third-order valence-corrected chi connectivity index (χ3v) is 7.47. The third kappa shape index (κ3) is 2.98. The molecule has 2 aliphatic heterocycles. The first kappa shape index (κ1) is 15.0. The van der Waals surface area contributed by atoms with Crippen LogP contribution in [-0.4, -0.2) is 36.0 Å². The molecule has 1 aromatic heterocycles. The van der Waals surface area contributed by atoms with Crippen LogP contribution in [0.5, 0.6) is 0 Å². The average molecular weight is 422 g/mol. The molecule has 2 unspecified atom stereocenters. The largest absolute Gasteiger partial charge is 0.333 e. The van der Waals surface area contributed by atoms with Gasteiger partial charge in [-0.25, -0.2) is 0 Å². The minimum atomic E-state index is 0.194. The average Bonchev–Trinajstić information content (AvgIpc) is 3.09. The van der Waals surface area contributed by atoms with Crippen molar-refractivity contribution < 1.29 is 4.79 Å². The Morgan fingerprint density at radius 1 is 1.30 bits per heavy atom. The maximum atomic E-state index is 12.8. The Labute approximate surface area is 140 Å². The van der Waals surface area contributed by atoms with Gasteiger partial charge in [-0.15, -0.1) is 11.3 Å². The summed E-state index contributed by atoms with van der Waals surface area (Å²) in [6, 6.07) is 2.80. The van der Waals surface area contributed by atoms with Crippen molar-refractivity contribution in [1.82, 2.24) is 10.2 Å². The van der Waals surface area contributed by atoms with Crippen LogP contribution in [0, 0.1) is 0 Å². The highest BCUT2D eigenvalue weighted by Gasteiger charge is 2.35. The zero-order valence-corrected chi connectivity index (χ0v) is 15.2. The normalized spacial score (nSPS) is 27.0. The van der Waals surface area contributed by atoms with Gasteiger partial charge >= 0.3 is 0 Å². The van der Waals surface area contributed by atoms with Gasteiger partial charge in [0.1, 0.15) is 0 Å². The quantitative estimate of drug-likeness (QED) is 0.781. The zero-order chi connectivity index (χ0) is 14.1. The number of hydrogen-bond acceptors (Lipinski definition) is 3. The number of halogens is 2. The van der Waals surface area contributed by atoms with E-state index in [1.54, 1.807) is 0 Å². The van der Waals surface area contributed by atoms with Crippen LogP contribution in [0.1, 0.15) is 41.8 Å². The molecule has 2 atom stereocenters. The number of carbonyl (C=O) groups is 1. The van der Waals surface area contributed by atoms with Crippen LogP contribution in [0.2, 0.25) is 0 Å². The number of nitrogens with zero attached hydrogens (tertiary/aromatic N) is 1. The highest BCUT2D eigenvalue weighted by atomic mass is 79.9. The molecule has 20 heavy (non-hydrogen) atoms. The fourth-order valence-corrected chi connectivity index (χ4v) is 5.25. The summed E-state index contributed by atoms with van der Waals surface area (Å²) in [5.41, 5.74) is 0. The molecule has 0 bridgehead atoms. The summed E-state index contributed by atoms with van der Waals surface area (Å²) in [5.74, 6) is 0.194. The fourth-order valence-electron chi connectivity index (χ4n) is 3.26. The van der Waals surface area contributed by atoms with Crippen molar-refractivity contribution in [3.8, 4) is 0 Å². The van der Waals surface area contributed by atoms with Crippen molar-refractivity contribution in [1.29, 1.82) is 0 Å². The second kappa shape index (κ2) is 6.46. The molecule has 0 radical (unpaired) electrons. The molecule has 2 saturated heterocycles. The molecule has 110 valence electrons. The minimum absolute atomic E-state index is 0.194. The smallest absolute Gasteiger partial charge is 0.264 e. The molecule has 3 nitrogen and oxygen atoms in total. The molecule has 1 amide bonds. The molecule has 1 aromatic rings. The molecule has 0 spiro atoms. The van der Waals surface area contributed by atoms with Crippen LogP contribution >= 0.6 is 43.2 Å². The van der Waals surface area contributed by atoms with Gasteiger partial charge in [0.2, 0.25) is 0 Å². The number of rotatable bonds is 2.